The molecular formula is C20H18N4O7S. The first kappa shape index (κ1) is 21.3. The number of nitrogens with one attached hydrogen (secondary N) is 1. The molecule has 11 nitrogen and oxygen atoms in total. The lowest BCUT2D eigenvalue weighted by Gasteiger charge is -2.14. The summed E-state index contributed by atoms with van der Waals surface area (Å²) in [7, 11) is -0.538. The molecule has 4 rings (SSSR count). The van der Waals surface area contributed by atoms with Gasteiger partial charge in [0.2, 0.25) is 0 Å². The Labute approximate surface area is 182 Å². The molecule has 0 spiro atoms. The van der Waals surface area contributed by atoms with Gasteiger partial charge in [-0.2, -0.15) is 5.10 Å². The van der Waals surface area contributed by atoms with Gasteiger partial charge in [0.15, 0.2) is 21.3 Å². The van der Waals surface area contributed by atoms with Crippen LogP contribution in [0.4, 0.5) is 11.5 Å². The molecule has 12 heteroatoms. The topological polar surface area (TPSA) is 143 Å². The van der Waals surface area contributed by atoms with Crippen molar-refractivity contribution in [2.24, 2.45) is 0 Å². The number of rotatable bonds is 6. The smallest absolute Gasteiger partial charge is 0.269 e. The van der Waals surface area contributed by atoms with Crippen LogP contribution in [-0.2, 0) is 21.3 Å². The summed E-state index contributed by atoms with van der Waals surface area (Å²) in [6.45, 7) is 0. The van der Waals surface area contributed by atoms with Crippen LogP contribution in [0.1, 0.15) is 21.6 Å². The molecular weight excluding hydrogens is 440 g/mol. The number of amides is 1. The third-order valence-corrected chi connectivity index (χ3v) is 6.41. The Morgan fingerprint density at radius 1 is 1.12 bits per heavy atom. The second-order valence-corrected chi connectivity index (χ2v) is 9.05. The van der Waals surface area contributed by atoms with E-state index in [9.17, 15) is 23.3 Å². The number of aromatic nitrogens is 2. The van der Waals surface area contributed by atoms with Crippen molar-refractivity contribution in [2.75, 3.05) is 19.5 Å². The summed E-state index contributed by atoms with van der Waals surface area (Å²) in [5, 5.41) is 18.0. The summed E-state index contributed by atoms with van der Waals surface area (Å²) >= 11 is 0. The molecule has 1 amide bonds. The molecule has 166 valence electrons. The normalized spacial score (nSPS) is 13.9. The maximum atomic E-state index is 13.1. The zero-order valence-corrected chi connectivity index (χ0v) is 17.9. The number of para-hydroxylation sites is 1. The molecule has 0 bridgehead atoms. The monoisotopic (exact) mass is 458 g/mol. The van der Waals surface area contributed by atoms with Gasteiger partial charge in [0.05, 0.1) is 47.6 Å². The van der Waals surface area contributed by atoms with Gasteiger partial charge in [-0.05, 0) is 24.3 Å². The van der Waals surface area contributed by atoms with Crippen LogP contribution in [0.2, 0.25) is 0 Å². The third kappa shape index (κ3) is 3.75. The Morgan fingerprint density at radius 3 is 2.47 bits per heavy atom. The number of hydrogen-bond acceptors (Lipinski definition) is 8. The molecule has 0 unspecified atom stereocenters. The zero-order chi connectivity index (χ0) is 23.0. The Morgan fingerprint density at radius 2 is 1.84 bits per heavy atom. The van der Waals surface area contributed by atoms with Gasteiger partial charge in [-0.15, -0.1) is 0 Å². The molecule has 1 aromatic heterocycles. The number of sulfone groups is 1. The first-order valence-electron chi connectivity index (χ1n) is 9.32. The van der Waals surface area contributed by atoms with Gasteiger partial charge in [0.25, 0.3) is 11.6 Å². The number of benzene rings is 2. The second-order valence-electron chi connectivity index (χ2n) is 6.99. The van der Waals surface area contributed by atoms with Gasteiger partial charge in [-0.25, -0.2) is 13.1 Å². The fraction of sp³-hybridized carbons (Fsp3) is 0.200. The van der Waals surface area contributed by atoms with E-state index in [0.717, 1.165) is 0 Å². The maximum absolute atomic E-state index is 13.1. The molecule has 1 N–H and O–H groups in total. The Hall–Kier alpha value is -3.93. The molecule has 1 aliphatic heterocycles. The second kappa shape index (κ2) is 7.96. The average molecular weight is 458 g/mol. The minimum absolute atomic E-state index is 0.109. The molecule has 0 saturated carbocycles. The van der Waals surface area contributed by atoms with E-state index >= 15 is 0 Å². The van der Waals surface area contributed by atoms with E-state index in [4.69, 9.17) is 9.47 Å². The van der Waals surface area contributed by atoms with Crippen LogP contribution in [0, 0.1) is 10.1 Å². The van der Waals surface area contributed by atoms with Gasteiger partial charge in [0.1, 0.15) is 5.82 Å². The largest absolute Gasteiger partial charge is 0.493 e. The van der Waals surface area contributed by atoms with Gasteiger partial charge in [-0.3, -0.25) is 14.9 Å². The lowest BCUT2D eigenvalue weighted by molar-refractivity contribution is -0.384. The van der Waals surface area contributed by atoms with Crippen LogP contribution in [0.25, 0.3) is 5.69 Å². The number of hydrogen-bond donors (Lipinski definition) is 1. The van der Waals surface area contributed by atoms with Gasteiger partial charge in [0, 0.05) is 17.7 Å². The van der Waals surface area contributed by atoms with Crippen molar-refractivity contribution in [2.45, 2.75) is 11.5 Å². The minimum atomic E-state index is -3.39. The van der Waals surface area contributed by atoms with Crippen LogP contribution < -0.4 is 14.8 Å². The molecule has 1 aliphatic rings. The highest BCUT2D eigenvalue weighted by Crippen LogP contribution is 2.35. The summed E-state index contributed by atoms with van der Waals surface area (Å²) in [4.78, 5) is 23.5. The number of nitro benzene ring substituents is 1. The van der Waals surface area contributed by atoms with E-state index < -0.39 is 20.7 Å². The molecule has 0 fully saturated rings. The first-order valence-corrected chi connectivity index (χ1v) is 11.1. The quantitative estimate of drug-likeness (QED) is 0.438. The summed E-state index contributed by atoms with van der Waals surface area (Å²) in [6.07, 6.45) is 0. The number of methoxy groups -OCH3 is 2. The third-order valence-electron chi connectivity index (χ3n) is 4.97. The van der Waals surface area contributed by atoms with E-state index in [1.807, 2.05) is 0 Å². The van der Waals surface area contributed by atoms with Crippen LogP contribution >= 0.6 is 0 Å². The Balaban J connectivity index is 1.78. The molecule has 0 saturated heterocycles. The van der Waals surface area contributed by atoms with E-state index in [0.29, 0.717) is 22.7 Å². The number of carbonyl (C=O) groups excluding carboxylic acids is 1. The van der Waals surface area contributed by atoms with E-state index in [1.54, 1.807) is 18.2 Å². The molecule has 32 heavy (non-hydrogen) atoms. The van der Waals surface area contributed by atoms with E-state index in [-0.39, 0.29) is 34.3 Å². The number of ether oxygens (including phenoxy) is 2. The van der Waals surface area contributed by atoms with Gasteiger partial charge >= 0.3 is 0 Å². The standard InChI is InChI=1S/C20H18N4O7S/c1-30-17-5-3-4-14(18(17)31-2)20(25)21-19-15-10-32(28,29)11-16(15)22-23(19)12-6-8-13(9-7-12)24(26)27/h3-9H,10-11H2,1-2H3,(H,21,25). The average Bonchev–Trinajstić information content (AvgIpc) is 3.25. The van der Waals surface area contributed by atoms with Crippen molar-refractivity contribution in [3.05, 3.63) is 69.4 Å². The fourth-order valence-corrected chi connectivity index (χ4v) is 5.01. The van der Waals surface area contributed by atoms with Crippen LogP contribution in [0.5, 0.6) is 11.5 Å². The number of nitrogens with zero attached hydrogens (tertiary/aromatic N) is 3. The van der Waals surface area contributed by atoms with Crippen molar-refractivity contribution in [1.29, 1.82) is 0 Å². The predicted molar refractivity (Wildman–Crippen MR) is 114 cm³/mol. The number of fused-ring (bicyclic) bond motifs is 1. The fourth-order valence-electron chi connectivity index (χ4n) is 3.51. The molecule has 0 atom stereocenters. The lowest BCUT2D eigenvalue weighted by atomic mass is 10.1. The molecule has 3 aromatic rings. The molecule has 2 aromatic carbocycles. The van der Waals surface area contributed by atoms with Gasteiger partial charge in [-0.1, -0.05) is 6.07 Å². The summed E-state index contributed by atoms with van der Waals surface area (Å²) in [6, 6.07) is 10.3. The van der Waals surface area contributed by atoms with Crippen LogP contribution in [-0.4, -0.2) is 43.2 Å². The van der Waals surface area contributed by atoms with E-state index in [2.05, 4.69) is 10.4 Å². The minimum Gasteiger partial charge on any atom is -0.493 e. The molecule has 2 heterocycles. The Kier molecular flexibility index (Phi) is 5.30. The predicted octanol–water partition coefficient (Wildman–Crippen LogP) is 2.48. The number of nitro groups is 1. The van der Waals surface area contributed by atoms with Crippen molar-refractivity contribution in [3.8, 4) is 17.2 Å². The maximum Gasteiger partial charge on any atom is 0.269 e. The highest BCUT2D eigenvalue weighted by Gasteiger charge is 2.33. The van der Waals surface area contributed by atoms with Gasteiger partial charge < -0.3 is 14.8 Å². The van der Waals surface area contributed by atoms with Crippen molar-refractivity contribution in [3.63, 3.8) is 0 Å². The summed E-state index contributed by atoms with van der Waals surface area (Å²) in [5.74, 6) is -0.343. The SMILES string of the molecule is COc1cccc(C(=O)Nc2c3c(nn2-c2ccc([N+](=O)[O-])cc2)CS(=O)(=O)C3)c1OC. The highest BCUT2D eigenvalue weighted by molar-refractivity contribution is 7.90. The Bertz CT molecular complexity index is 1330. The first-order chi connectivity index (χ1) is 15.2. The zero-order valence-electron chi connectivity index (χ0n) is 17.1. The number of carbonyl (C=O) groups is 1. The van der Waals surface area contributed by atoms with Crippen LogP contribution in [0.3, 0.4) is 0 Å². The van der Waals surface area contributed by atoms with Crippen molar-refractivity contribution < 1.29 is 27.6 Å². The van der Waals surface area contributed by atoms with E-state index in [1.165, 1.54) is 43.2 Å². The summed E-state index contributed by atoms with van der Waals surface area (Å²) < 4.78 is 36.2. The number of anilines is 1. The summed E-state index contributed by atoms with van der Waals surface area (Å²) in [5.41, 5.74) is 1.19. The lowest BCUT2D eigenvalue weighted by Crippen LogP contribution is -2.18. The molecule has 0 aliphatic carbocycles. The molecule has 0 radical (unpaired) electrons. The van der Waals surface area contributed by atoms with Crippen LogP contribution in [0.15, 0.2) is 42.5 Å². The van der Waals surface area contributed by atoms with Crippen molar-refractivity contribution in [1.82, 2.24) is 9.78 Å². The number of non-ortho nitro benzene ring substituents is 1. The van der Waals surface area contributed by atoms with Crippen molar-refractivity contribution >= 4 is 27.2 Å². The highest BCUT2D eigenvalue weighted by atomic mass is 32.2.